The van der Waals surface area contributed by atoms with Crippen LogP contribution in [0.25, 0.3) is 11.1 Å². The van der Waals surface area contributed by atoms with Crippen LogP contribution >= 0.6 is 0 Å². The van der Waals surface area contributed by atoms with Crippen molar-refractivity contribution in [3.05, 3.63) is 90.0 Å². The molecule has 1 unspecified atom stereocenters. The predicted molar refractivity (Wildman–Crippen MR) is 107 cm³/mol. The SMILES string of the molecule is c1ccc(-c2ccccc2OCCC[NH+]2CCc3ccccc3C2)cc1. The maximum absolute atomic E-state index is 6.14. The molecule has 0 fully saturated rings. The first kappa shape index (κ1) is 16.9. The average molecular weight is 344 g/mol. The second-order valence-electron chi connectivity index (χ2n) is 7.01. The molecule has 0 aromatic heterocycles. The van der Waals surface area contributed by atoms with Gasteiger partial charge in [-0.25, -0.2) is 0 Å². The lowest BCUT2D eigenvalue weighted by atomic mass is 10.00. The molecule has 0 aliphatic carbocycles. The first-order valence-corrected chi connectivity index (χ1v) is 9.58. The number of quaternary nitrogens is 1. The van der Waals surface area contributed by atoms with E-state index in [-0.39, 0.29) is 0 Å². The Morgan fingerprint density at radius 3 is 2.38 bits per heavy atom. The molecule has 1 N–H and O–H groups in total. The molecular weight excluding hydrogens is 318 g/mol. The van der Waals surface area contributed by atoms with Crippen LogP contribution in [-0.2, 0) is 13.0 Å². The van der Waals surface area contributed by atoms with Crippen molar-refractivity contribution >= 4 is 0 Å². The number of para-hydroxylation sites is 1. The summed E-state index contributed by atoms with van der Waals surface area (Å²) in [5, 5.41) is 0. The van der Waals surface area contributed by atoms with Crippen molar-refractivity contribution in [2.75, 3.05) is 19.7 Å². The van der Waals surface area contributed by atoms with Gasteiger partial charge in [-0.1, -0.05) is 72.8 Å². The maximum atomic E-state index is 6.14. The van der Waals surface area contributed by atoms with Gasteiger partial charge in [-0.2, -0.15) is 0 Å². The Kier molecular flexibility index (Phi) is 5.32. The third-order valence-electron chi connectivity index (χ3n) is 5.21. The van der Waals surface area contributed by atoms with Crippen LogP contribution in [0.4, 0.5) is 0 Å². The topological polar surface area (TPSA) is 13.7 Å². The standard InChI is InChI=1S/C24H25NO/c1-2-10-21(11-3-1)23-13-6-7-14-24(23)26-18-8-16-25-17-15-20-9-4-5-12-22(20)19-25/h1-7,9-14H,8,15-19H2/p+1. The van der Waals surface area contributed by atoms with Crippen molar-refractivity contribution in [1.82, 2.24) is 0 Å². The minimum absolute atomic E-state index is 0.773. The highest BCUT2D eigenvalue weighted by molar-refractivity contribution is 5.70. The van der Waals surface area contributed by atoms with Crippen molar-refractivity contribution in [3.8, 4) is 16.9 Å². The minimum Gasteiger partial charge on any atom is -0.493 e. The number of hydrogen-bond donors (Lipinski definition) is 1. The summed E-state index contributed by atoms with van der Waals surface area (Å²) < 4.78 is 6.14. The first-order chi connectivity index (χ1) is 12.9. The summed E-state index contributed by atoms with van der Waals surface area (Å²) >= 11 is 0. The fourth-order valence-corrected chi connectivity index (χ4v) is 3.81. The summed E-state index contributed by atoms with van der Waals surface area (Å²) in [5.74, 6) is 0.984. The molecule has 1 aliphatic rings. The molecule has 1 heterocycles. The van der Waals surface area contributed by atoms with Crippen molar-refractivity contribution in [2.45, 2.75) is 19.4 Å². The van der Waals surface area contributed by atoms with Crippen molar-refractivity contribution in [1.29, 1.82) is 0 Å². The van der Waals surface area contributed by atoms with Gasteiger partial charge in [0.15, 0.2) is 0 Å². The van der Waals surface area contributed by atoms with Crippen molar-refractivity contribution in [3.63, 3.8) is 0 Å². The normalized spacial score (nSPS) is 16.1. The van der Waals surface area contributed by atoms with E-state index >= 15 is 0 Å². The molecule has 0 radical (unpaired) electrons. The van der Waals surface area contributed by atoms with Crippen LogP contribution in [0.15, 0.2) is 78.9 Å². The van der Waals surface area contributed by atoms with Gasteiger partial charge in [0.2, 0.25) is 0 Å². The molecule has 0 spiro atoms. The summed E-state index contributed by atoms with van der Waals surface area (Å²) in [4.78, 5) is 1.67. The summed E-state index contributed by atoms with van der Waals surface area (Å²) in [5.41, 5.74) is 5.43. The molecule has 0 saturated carbocycles. The predicted octanol–water partition coefficient (Wildman–Crippen LogP) is 3.76. The zero-order valence-corrected chi connectivity index (χ0v) is 15.2. The van der Waals surface area contributed by atoms with Crippen LogP contribution in [0, 0.1) is 0 Å². The molecule has 26 heavy (non-hydrogen) atoms. The number of ether oxygens (including phenoxy) is 1. The average Bonchev–Trinajstić information content (AvgIpc) is 2.72. The first-order valence-electron chi connectivity index (χ1n) is 9.58. The number of nitrogens with one attached hydrogen (secondary N) is 1. The number of benzene rings is 3. The van der Waals surface area contributed by atoms with Gasteiger partial charge in [0.25, 0.3) is 0 Å². The molecule has 1 aliphatic heterocycles. The maximum Gasteiger partial charge on any atom is 0.127 e. The zero-order chi connectivity index (χ0) is 17.6. The van der Waals surface area contributed by atoms with Gasteiger partial charge in [-0.3, -0.25) is 0 Å². The summed E-state index contributed by atoms with van der Waals surface area (Å²) in [6.45, 7) is 4.32. The fourth-order valence-electron chi connectivity index (χ4n) is 3.81. The molecule has 3 aromatic rings. The van der Waals surface area contributed by atoms with E-state index in [1.54, 1.807) is 4.90 Å². The van der Waals surface area contributed by atoms with Gasteiger partial charge >= 0.3 is 0 Å². The molecule has 2 heteroatoms. The summed E-state index contributed by atoms with van der Waals surface area (Å²) in [7, 11) is 0. The molecule has 3 aromatic carbocycles. The van der Waals surface area contributed by atoms with E-state index in [4.69, 9.17) is 4.74 Å². The van der Waals surface area contributed by atoms with E-state index in [0.717, 1.165) is 25.3 Å². The number of hydrogen-bond acceptors (Lipinski definition) is 1. The van der Waals surface area contributed by atoms with Crippen LogP contribution in [0.3, 0.4) is 0 Å². The molecule has 2 nitrogen and oxygen atoms in total. The van der Waals surface area contributed by atoms with Crippen molar-refractivity contribution < 1.29 is 9.64 Å². The quantitative estimate of drug-likeness (QED) is 0.672. The Balaban J connectivity index is 1.31. The Bertz CT molecular complexity index is 844. The van der Waals surface area contributed by atoms with E-state index in [2.05, 4.69) is 72.8 Å². The molecular formula is C24H26NO+. The number of fused-ring (bicyclic) bond motifs is 1. The van der Waals surface area contributed by atoms with Crippen LogP contribution in [0.5, 0.6) is 5.75 Å². The van der Waals surface area contributed by atoms with E-state index < -0.39 is 0 Å². The van der Waals surface area contributed by atoms with E-state index in [0.29, 0.717) is 0 Å². The largest absolute Gasteiger partial charge is 0.493 e. The van der Waals surface area contributed by atoms with Gasteiger partial charge in [-0.05, 0) is 17.2 Å². The molecule has 4 rings (SSSR count). The van der Waals surface area contributed by atoms with Crippen LogP contribution in [0.1, 0.15) is 17.5 Å². The summed E-state index contributed by atoms with van der Waals surface area (Å²) in [6.07, 6.45) is 2.28. The Morgan fingerprint density at radius 1 is 0.769 bits per heavy atom. The highest BCUT2D eigenvalue weighted by Crippen LogP contribution is 2.29. The molecule has 0 saturated heterocycles. The third kappa shape index (κ3) is 3.97. The van der Waals surface area contributed by atoms with Gasteiger partial charge in [-0.15, -0.1) is 0 Å². The minimum atomic E-state index is 0.773. The fraction of sp³-hybridized carbons (Fsp3) is 0.250. The second-order valence-corrected chi connectivity index (χ2v) is 7.01. The van der Waals surface area contributed by atoms with E-state index in [1.807, 2.05) is 6.07 Å². The molecule has 0 bridgehead atoms. The highest BCUT2D eigenvalue weighted by Gasteiger charge is 2.18. The second kappa shape index (κ2) is 8.20. The number of rotatable bonds is 6. The monoisotopic (exact) mass is 344 g/mol. The van der Waals surface area contributed by atoms with Crippen molar-refractivity contribution in [2.24, 2.45) is 0 Å². The van der Waals surface area contributed by atoms with Gasteiger partial charge in [0.1, 0.15) is 12.3 Å². The molecule has 0 amide bonds. The Morgan fingerprint density at radius 2 is 1.50 bits per heavy atom. The Hall–Kier alpha value is -2.58. The van der Waals surface area contributed by atoms with Gasteiger partial charge < -0.3 is 9.64 Å². The highest BCUT2D eigenvalue weighted by atomic mass is 16.5. The lowest BCUT2D eigenvalue weighted by Gasteiger charge is -2.25. The van der Waals surface area contributed by atoms with Crippen LogP contribution in [0.2, 0.25) is 0 Å². The van der Waals surface area contributed by atoms with Crippen LogP contribution in [-0.4, -0.2) is 19.7 Å². The lowest BCUT2D eigenvalue weighted by molar-refractivity contribution is -0.916. The zero-order valence-electron chi connectivity index (χ0n) is 15.2. The van der Waals surface area contributed by atoms with Crippen LogP contribution < -0.4 is 9.64 Å². The van der Waals surface area contributed by atoms with E-state index in [1.165, 1.54) is 41.8 Å². The molecule has 132 valence electrons. The summed E-state index contributed by atoms with van der Waals surface area (Å²) in [6, 6.07) is 27.7. The van der Waals surface area contributed by atoms with Gasteiger partial charge in [0.05, 0.1) is 19.7 Å². The lowest BCUT2D eigenvalue weighted by Crippen LogP contribution is -3.11. The Labute approximate surface area is 156 Å². The van der Waals surface area contributed by atoms with Gasteiger partial charge in [0, 0.05) is 24.0 Å². The molecule has 1 atom stereocenters. The van der Waals surface area contributed by atoms with E-state index in [9.17, 15) is 0 Å². The third-order valence-corrected chi connectivity index (χ3v) is 5.21. The smallest absolute Gasteiger partial charge is 0.127 e.